The molecule has 3 amide bonds. The van der Waals surface area contributed by atoms with E-state index >= 15 is 0 Å². The molecule has 2 aromatic rings. The lowest BCUT2D eigenvalue weighted by molar-refractivity contribution is 0.0827. The van der Waals surface area contributed by atoms with Crippen molar-refractivity contribution in [2.45, 2.75) is 13.0 Å². The van der Waals surface area contributed by atoms with E-state index in [1.54, 1.807) is 32.3 Å². The van der Waals surface area contributed by atoms with Crippen LogP contribution in [0, 0.1) is 0 Å². The summed E-state index contributed by atoms with van der Waals surface area (Å²) in [6.07, 6.45) is 1.48. The third-order valence-electron chi connectivity index (χ3n) is 3.37. The van der Waals surface area contributed by atoms with Crippen LogP contribution in [0.15, 0.2) is 42.6 Å². The summed E-state index contributed by atoms with van der Waals surface area (Å²) in [6, 6.07) is 9.77. The molecule has 1 aromatic carbocycles. The molecular formula is C17H19ClN4O2. The number of pyridine rings is 1. The number of hydrogen-bond acceptors (Lipinski definition) is 3. The molecule has 0 aliphatic carbocycles. The zero-order valence-electron chi connectivity index (χ0n) is 13.7. The number of urea groups is 1. The molecule has 0 aliphatic heterocycles. The van der Waals surface area contributed by atoms with Crippen LogP contribution in [0.2, 0.25) is 5.02 Å². The van der Waals surface area contributed by atoms with Gasteiger partial charge in [0.05, 0.1) is 6.04 Å². The monoisotopic (exact) mass is 346 g/mol. The van der Waals surface area contributed by atoms with E-state index < -0.39 is 6.03 Å². The number of nitrogens with zero attached hydrogens (tertiary/aromatic N) is 2. The van der Waals surface area contributed by atoms with Crippen LogP contribution in [0.4, 0.5) is 10.6 Å². The second-order valence-corrected chi connectivity index (χ2v) is 5.94. The maximum atomic E-state index is 12.1. The van der Waals surface area contributed by atoms with Crippen molar-refractivity contribution in [2.24, 2.45) is 0 Å². The molecule has 2 N–H and O–H groups in total. The lowest BCUT2D eigenvalue weighted by Gasteiger charge is -2.15. The van der Waals surface area contributed by atoms with Gasteiger partial charge < -0.3 is 10.2 Å². The maximum absolute atomic E-state index is 12.1. The first-order valence-electron chi connectivity index (χ1n) is 7.37. The van der Waals surface area contributed by atoms with E-state index in [2.05, 4.69) is 15.6 Å². The molecule has 0 fully saturated rings. The van der Waals surface area contributed by atoms with E-state index in [9.17, 15) is 9.59 Å². The molecule has 0 bridgehead atoms. The van der Waals surface area contributed by atoms with Crippen LogP contribution in [0.3, 0.4) is 0 Å². The summed E-state index contributed by atoms with van der Waals surface area (Å²) >= 11 is 5.85. The first kappa shape index (κ1) is 17.7. The number of carbonyl (C=O) groups excluding carboxylic acids is 2. The first-order chi connectivity index (χ1) is 11.4. The highest BCUT2D eigenvalue weighted by Gasteiger charge is 2.12. The molecular weight excluding hydrogens is 328 g/mol. The molecule has 2 rings (SSSR count). The van der Waals surface area contributed by atoms with Crippen molar-refractivity contribution in [2.75, 3.05) is 19.4 Å². The van der Waals surface area contributed by atoms with Gasteiger partial charge in [0.1, 0.15) is 5.82 Å². The molecule has 0 saturated carbocycles. The van der Waals surface area contributed by atoms with Gasteiger partial charge in [0.25, 0.3) is 5.91 Å². The number of rotatable bonds is 4. The summed E-state index contributed by atoms with van der Waals surface area (Å²) in [5, 5.41) is 6.08. The lowest BCUT2D eigenvalue weighted by Crippen LogP contribution is -2.31. The number of nitrogens with one attached hydrogen (secondary N) is 2. The number of carbonyl (C=O) groups is 2. The van der Waals surface area contributed by atoms with Gasteiger partial charge >= 0.3 is 6.03 Å². The van der Waals surface area contributed by atoms with Crippen LogP contribution < -0.4 is 10.6 Å². The maximum Gasteiger partial charge on any atom is 0.320 e. The Labute approximate surface area is 145 Å². The van der Waals surface area contributed by atoms with E-state index in [0.717, 1.165) is 5.56 Å². The predicted molar refractivity (Wildman–Crippen MR) is 94.3 cm³/mol. The van der Waals surface area contributed by atoms with Gasteiger partial charge in [0, 0.05) is 30.9 Å². The zero-order chi connectivity index (χ0) is 17.7. The van der Waals surface area contributed by atoms with Crippen molar-refractivity contribution < 1.29 is 9.59 Å². The SMILES string of the molecule is C[C@@H](NC(=O)Nc1cc(C(=O)N(C)C)ccn1)c1ccc(Cl)cc1. The summed E-state index contributed by atoms with van der Waals surface area (Å²) in [5.74, 6) is 0.152. The summed E-state index contributed by atoms with van der Waals surface area (Å²) in [5.41, 5.74) is 1.38. The molecule has 126 valence electrons. The van der Waals surface area contributed by atoms with E-state index in [0.29, 0.717) is 16.4 Å². The van der Waals surface area contributed by atoms with Gasteiger partial charge in [-0.05, 0) is 36.8 Å². The summed E-state index contributed by atoms with van der Waals surface area (Å²) in [4.78, 5) is 29.5. The molecule has 0 radical (unpaired) electrons. The normalized spacial score (nSPS) is 11.5. The Balaban J connectivity index is 2.00. The van der Waals surface area contributed by atoms with Crippen LogP contribution in [-0.4, -0.2) is 35.9 Å². The minimum atomic E-state index is -0.403. The summed E-state index contributed by atoms with van der Waals surface area (Å²) in [7, 11) is 3.33. The highest BCUT2D eigenvalue weighted by Crippen LogP contribution is 2.16. The average molecular weight is 347 g/mol. The van der Waals surface area contributed by atoms with E-state index in [4.69, 9.17) is 11.6 Å². The average Bonchev–Trinajstić information content (AvgIpc) is 2.54. The van der Waals surface area contributed by atoms with Gasteiger partial charge in [0.15, 0.2) is 0 Å². The highest BCUT2D eigenvalue weighted by atomic mass is 35.5. The van der Waals surface area contributed by atoms with Crippen LogP contribution >= 0.6 is 11.6 Å². The Hall–Kier alpha value is -2.60. The Morgan fingerprint density at radius 3 is 2.46 bits per heavy atom. The third kappa shape index (κ3) is 4.70. The Kier molecular flexibility index (Phi) is 5.76. The molecule has 7 heteroatoms. The molecule has 24 heavy (non-hydrogen) atoms. The van der Waals surface area contributed by atoms with E-state index in [-0.39, 0.29) is 11.9 Å². The standard InChI is InChI=1S/C17H19ClN4O2/c1-11(12-4-6-14(18)7-5-12)20-17(24)21-15-10-13(8-9-19-15)16(23)22(2)3/h4-11H,1-3H3,(H2,19,20,21,24)/t11-/m1/s1. The molecule has 0 aliphatic rings. The predicted octanol–water partition coefficient (Wildman–Crippen LogP) is 3.32. The largest absolute Gasteiger partial charge is 0.345 e. The van der Waals surface area contributed by atoms with Crippen molar-refractivity contribution in [3.8, 4) is 0 Å². The van der Waals surface area contributed by atoms with Gasteiger partial charge in [-0.2, -0.15) is 0 Å². The van der Waals surface area contributed by atoms with Crippen LogP contribution in [-0.2, 0) is 0 Å². The number of halogens is 1. The second kappa shape index (κ2) is 7.79. The Morgan fingerprint density at radius 2 is 1.83 bits per heavy atom. The first-order valence-corrected chi connectivity index (χ1v) is 7.75. The zero-order valence-corrected chi connectivity index (χ0v) is 14.5. The quantitative estimate of drug-likeness (QED) is 0.891. The fourth-order valence-electron chi connectivity index (χ4n) is 2.07. The second-order valence-electron chi connectivity index (χ2n) is 5.50. The molecule has 0 saturated heterocycles. The van der Waals surface area contributed by atoms with Gasteiger partial charge in [-0.1, -0.05) is 23.7 Å². The fraction of sp³-hybridized carbons (Fsp3) is 0.235. The van der Waals surface area contributed by atoms with Gasteiger partial charge in [-0.25, -0.2) is 9.78 Å². The minimum Gasteiger partial charge on any atom is -0.345 e. The molecule has 1 heterocycles. The Bertz CT molecular complexity index is 732. The van der Waals surface area contributed by atoms with Gasteiger partial charge in [-0.3, -0.25) is 10.1 Å². The van der Waals surface area contributed by atoms with E-state index in [1.165, 1.54) is 17.2 Å². The molecule has 0 unspecified atom stereocenters. The van der Waals surface area contributed by atoms with Crippen molar-refractivity contribution >= 4 is 29.4 Å². The van der Waals surface area contributed by atoms with Crippen molar-refractivity contribution in [3.05, 3.63) is 58.7 Å². The van der Waals surface area contributed by atoms with Crippen molar-refractivity contribution in [1.29, 1.82) is 0 Å². The summed E-state index contributed by atoms with van der Waals surface area (Å²) in [6.45, 7) is 1.86. The topological polar surface area (TPSA) is 74.3 Å². The molecule has 1 aromatic heterocycles. The van der Waals surface area contributed by atoms with E-state index in [1.807, 2.05) is 19.1 Å². The number of hydrogen-bond donors (Lipinski definition) is 2. The minimum absolute atomic E-state index is 0.157. The number of amides is 3. The number of anilines is 1. The third-order valence-corrected chi connectivity index (χ3v) is 3.62. The smallest absolute Gasteiger partial charge is 0.320 e. The van der Waals surface area contributed by atoms with Crippen molar-refractivity contribution in [3.63, 3.8) is 0 Å². The number of aromatic nitrogens is 1. The summed E-state index contributed by atoms with van der Waals surface area (Å²) < 4.78 is 0. The molecule has 0 spiro atoms. The van der Waals surface area contributed by atoms with Crippen LogP contribution in [0.1, 0.15) is 28.9 Å². The number of benzene rings is 1. The van der Waals surface area contributed by atoms with Gasteiger partial charge in [-0.15, -0.1) is 0 Å². The molecule has 1 atom stereocenters. The lowest BCUT2D eigenvalue weighted by atomic mass is 10.1. The van der Waals surface area contributed by atoms with Crippen LogP contribution in [0.5, 0.6) is 0 Å². The fourth-order valence-corrected chi connectivity index (χ4v) is 2.20. The molecule has 6 nitrogen and oxygen atoms in total. The van der Waals surface area contributed by atoms with Crippen molar-refractivity contribution in [1.82, 2.24) is 15.2 Å². The highest BCUT2D eigenvalue weighted by molar-refractivity contribution is 6.30. The van der Waals surface area contributed by atoms with Gasteiger partial charge in [0.2, 0.25) is 0 Å². The Morgan fingerprint density at radius 1 is 1.17 bits per heavy atom. The van der Waals surface area contributed by atoms with Crippen LogP contribution in [0.25, 0.3) is 0 Å².